The van der Waals surface area contributed by atoms with E-state index in [9.17, 15) is 9.90 Å². The zero-order valence-electron chi connectivity index (χ0n) is 11.8. The van der Waals surface area contributed by atoms with E-state index in [0.29, 0.717) is 19.5 Å². The Labute approximate surface area is 118 Å². The Morgan fingerprint density at radius 2 is 2.11 bits per heavy atom. The molecule has 0 saturated carbocycles. The van der Waals surface area contributed by atoms with Gasteiger partial charge in [0.25, 0.3) is 0 Å². The van der Waals surface area contributed by atoms with Gasteiger partial charge in [0.05, 0.1) is 11.1 Å². The summed E-state index contributed by atoms with van der Waals surface area (Å²) >= 11 is 1.65. The average molecular weight is 285 g/mol. The quantitative estimate of drug-likeness (QED) is 0.714. The Kier molecular flexibility index (Phi) is 6.80. The monoisotopic (exact) mass is 285 g/mol. The molecule has 0 bridgehead atoms. The van der Waals surface area contributed by atoms with Crippen molar-refractivity contribution in [1.82, 2.24) is 15.6 Å². The summed E-state index contributed by atoms with van der Waals surface area (Å²) in [5, 5.41) is 16.1. The van der Waals surface area contributed by atoms with Crippen LogP contribution in [0.1, 0.15) is 30.2 Å². The molecule has 3 N–H and O–H groups in total. The van der Waals surface area contributed by atoms with Crippen molar-refractivity contribution in [3.63, 3.8) is 0 Å². The lowest BCUT2D eigenvalue weighted by Gasteiger charge is -2.14. The maximum absolute atomic E-state index is 11.5. The largest absolute Gasteiger partial charge is 0.393 e. The van der Waals surface area contributed by atoms with Gasteiger partial charge in [-0.25, -0.2) is 9.78 Å². The van der Waals surface area contributed by atoms with Gasteiger partial charge in [0, 0.05) is 30.6 Å². The highest BCUT2D eigenvalue weighted by atomic mass is 32.1. The number of hydrogen-bond donors (Lipinski definition) is 3. The van der Waals surface area contributed by atoms with Gasteiger partial charge in [-0.05, 0) is 19.3 Å². The van der Waals surface area contributed by atoms with Crippen molar-refractivity contribution < 1.29 is 9.90 Å². The van der Waals surface area contributed by atoms with Gasteiger partial charge in [-0.3, -0.25) is 0 Å². The van der Waals surface area contributed by atoms with Crippen LogP contribution in [0.25, 0.3) is 0 Å². The van der Waals surface area contributed by atoms with Gasteiger partial charge in [-0.2, -0.15) is 0 Å². The third-order valence-corrected chi connectivity index (χ3v) is 3.76. The highest BCUT2D eigenvalue weighted by Gasteiger charge is 2.09. The maximum Gasteiger partial charge on any atom is 0.314 e. The Hall–Kier alpha value is -1.14. The third kappa shape index (κ3) is 6.54. The van der Waals surface area contributed by atoms with Crippen LogP contribution in [-0.4, -0.2) is 35.3 Å². The molecule has 1 rings (SSSR count). The zero-order valence-corrected chi connectivity index (χ0v) is 12.6. The number of thiazole rings is 1. The van der Waals surface area contributed by atoms with Crippen LogP contribution in [0.2, 0.25) is 0 Å². The molecule has 19 heavy (non-hydrogen) atoms. The van der Waals surface area contributed by atoms with Gasteiger partial charge in [-0.15, -0.1) is 11.3 Å². The summed E-state index contributed by atoms with van der Waals surface area (Å²) in [4.78, 5) is 16.9. The average Bonchev–Trinajstić information content (AvgIpc) is 2.74. The third-order valence-electron chi connectivity index (χ3n) is 2.79. The molecular weight excluding hydrogens is 262 g/mol. The second kappa shape index (κ2) is 8.12. The number of carbonyl (C=O) groups is 1. The first-order chi connectivity index (χ1) is 8.99. The molecule has 0 aliphatic heterocycles. The van der Waals surface area contributed by atoms with E-state index in [-0.39, 0.29) is 18.1 Å². The number of aryl methyl sites for hydroxylation is 1. The minimum absolute atomic E-state index is 0.191. The van der Waals surface area contributed by atoms with Gasteiger partial charge in [0.15, 0.2) is 0 Å². The molecule has 1 aromatic rings. The molecule has 1 heterocycles. The smallest absolute Gasteiger partial charge is 0.314 e. The fourth-order valence-electron chi connectivity index (χ4n) is 1.53. The molecule has 0 saturated heterocycles. The molecule has 2 amide bonds. The molecule has 0 spiro atoms. The molecule has 1 unspecified atom stereocenters. The van der Waals surface area contributed by atoms with Crippen LogP contribution in [0.5, 0.6) is 0 Å². The van der Waals surface area contributed by atoms with Crippen molar-refractivity contribution in [3.8, 4) is 0 Å². The minimum atomic E-state index is -0.362. The van der Waals surface area contributed by atoms with E-state index in [4.69, 9.17) is 0 Å². The van der Waals surface area contributed by atoms with E-state index < -0.39 is 0 Å². The molecule has 5 nitrogen and oxygen atoms in total. The minimum Gasteiger partial charge on any atom is -0.393 e. The Balaban J connectivity index is 2.08. The number of amides is 2. The summed E-state index contributed by atoms with van der Waals surface area (Å²) in [7, 11) is 0. The van der Waals surface area contributed by atoms with Crippen LogP contribution in [0.4, 0.5) is 4.79 Å². The summed E-state index contributed by atoms with van der Waals surface area (Å²) in [5.41, 5.74) is 0. The van der Waals surface area contributed by atoms with Crippen molar-refractivity contribution >= 4 is 17.4 Å². The number of nitrogens with one attached hydrogen (secondary N) is 2. The topological polar surface area (TPSA) is 74.2 Å². The van der Waals surface area contributed by atoms with Gasteiger partial charge in [0.2, 0.25) is 0 Å². The van der Waals surface area contributed by atoms with Crippen molar-refractivity contribution in [1.29, 1.82) is 0 Å². The molecule has 1 atom stereocenters. The first kappa shape index (κ1) is 15.9. The molecular formula is C13H23N3O2S. The SMILES string of the molecule is Cc1cnc(CCNC(=O)NCCC(O)C(C)C)s1. The fourth-order valence-corrected chi connectivity index (χ4v) is 2.32. The number of carbonyl (C=O) groups excluding carboxylic acids is 1. The van der Waals surface area contributed by atoms with E-state index in [1.54, 1.807) is 11.3 Å². The predicted octanol–water partition coefficient (Wildman–Crippen LogP) is 1.70. The summed E-state index contributed by atoms with van der Waals surface area (Å²) < 4.78 is 0. The highest BCUT2D eigenvalue weighted by Crippen LogP contribution is 2.10. The summed E-state index contributed by atoms with van der Waals surface area (Å²) in [6.45, 7) is 7.00. The number of aromatic nitrogens is 1. The maximum atomic E-state index is 11.5. The second-order valence-electron chi connectivity index (χ2n) is 4.90. The Morgan fingerprint density at radius 1 is 1.42 bits per heavy atom. The van der Waals surface area contributed by atoms with Crippen LogP contribution < -0.4 is 10.6 Å². The molecule has 0 radical (unpaired) electrons. The number of hydrogen-bond acceptors (Lipinski definition) is 4. The normalized spacial score (nSPS) is 12.5. The van der Waals surface area contributed by atoms with E-state index in [2.05, 4.69) is 15.6 Å². The van der Waals surface area contributed by atoms with E-state index in [1.165, 1.54) is 4.88 Å². The molecule has 0 fully saturated rings. The number of nitrogens with zero attached hydrogens (tertiary/aromatic N) is 1. The Bertz CT molecular complexity index is 393. The first-order valence-electron chi connectivity index (χ1n) is 6.60. The predicted molar refractivity (Wildman–Crippen MR) is 77.4 cm³/mol. The van der Waals surface area contributed by atoms with Crippen LogP contribution in [0.3, 0.4) is 0 Å². The first-order valence-corrected chi connectivity index (χ1v) is 7.41. The summed E-state index contributed by atoms with van der Waals surface area (Å²) in [5.74, 6) is 0.220. The molecule has 0 aliphatic carbocycles. The van der Waals surface area contributed by atoms with Crippen molar-refractivity contribution in [2.75, 3.05) is 13.1 Å². The lowest BCUT2D eigenvalue weighted by Crippen LogP contribution is -2.38. The lowest BCUT2D eigenvalue weighted by molar-refractivity contribution is 0.116. The molecule has 6 heteroatoms. The standard InChI is InChI=1S/C13H23N3O2S/c1-9(2)11(17)4-6-14-13(18)15-7-5-12-16-8-10(3)19-12/h8-9,11,17H,4-7H2,1-3H3,(H2,14,15,18). The van der Waals surface area contributed by atoms with Crippen molar-refractivity contribution in [3.05, 3.63) is 16.1 Å². The molecule has 108 valence electrons. The fraction of sp³-hybridized carbons (Fsp3) is 0.692. The van der Waals surface area contributed by atoms with Crippen LogP contribution in [0.15, 0.2) is 6.20 Å². The zero-order chi connectivity index (χ0) is 14.3. The van der Waals surface area contributed by atoms with Crippen LogP contribution in [0, 0.1) is 12.8 Å². The summed E-state index contributed by atoms with van der Waals surface area (Å²) in [6, 6.07) is -0.191. The van der Waals surface area contributed by atoms with E-state index in [0.717, 1.165) is 11.4 Å². The summed E-state index contributed by atoms with van der Waals surface area (Å²) in [6.07, 6.45) is 2.81. The number of urea groups is 1. The van der Waals surface area contributed by atoms with Gasteiger partial charge < -0.3 is 15.7 Å². The lowest BCUT2D eigenvalue weighted by atomic mass is 10.0. The van der Waals surface area contributed by atoms with Gasteiger partial charge in [-0.1, -0.05) is 13.8 Å². The van der Waals surface area contributed by atoms with Crippen molar-refractivity contribution in [2.24, 2.45) is 5.92 Å². The number of aliphatic hydroxyl groups excluding tert-OH is 1. The van der Waals surface area contributed by atoms with Crippen molar-refractivity contribution in [2.45, 2.75) is 39.7 Å². The molecule has 0 aromatic carbocycles. The number of rotatable bonds is 7. The number of aliphatic hydroxyl groups is 1. The highest BCUT2D eigenvalue weighted by molar-refractivity contribution is 7.11. The van der Waals surface area contributed by atoms with E-state index in [1.807, 2.05) is 27.0 Å². The molecule has 0 aliphatic rings. The van der Waals surface area contributed by atoms with Crippen LogP contribution >= 0.6 is 11.3 Å². The van der Waals surface area contributed by atoms with Crippen LogP contribution in [-0.2, 0) is 6.42 Å². The van der Waals surface area contributed by atoms with Gasteiger partial charge in [0.1, 0.15) is 0 Å². The molecule has 1 aromatic heterocycles. The van der Waals surface area contributed by atoms with E-state index >= 15 is 0 Å². The second-order valence-corrected chi connectivity index (χ2v) is 6.22. The van der Waals surface area contributed by atoms with Gasteiger partial charge >= 0.3 is 6.03 Å². The Morgan fingerprint density at radius 3 is 2.68 bits per heavy atom.